The second-order valence-electron chi connectivity index (χ2n) is 6.40. The Balaban J connectivity index is -0.000000474. The highest BCUT2D eigenvalue weighted by Crippen LogP contribution is 2.12. The van der Waals surface area contributed by atoms with Crippen LogP contribution in [0.5, 0.6) is 0 Å². The maximum absolute atomic E-state index is 10.5. The van der Waals surface area contributed by atoms with Crippen LogP contribution in [0.25, 0.3) is 0 Å². The van der Waals surface area contributed by atoms with E-state index in [0.717, 1.165) is 43.9 Å². The van der Waals surface area contributed by atoms with Crippen molar-refractivity contribution < 1.29 is 28.8 Å². The molecule has 0 heterocycles. The number of hydrogen-bond acceptors (Lipinski definition) is 6. The summed E-state index contributed by atoms with van der Waals surface area (Å²) >= 11 is 34.8. The van der Waals surface area contributed by atoms with Crippen LogP contribution < -0.4 is 0 Å². The molecule has 34 heavy (non-hydrogen) atoms. The van der Waals surface area contributed by atoms with Gasteiger partial charge in [0.25, 0.3) is 5.24 Å². The Labute approximate surface area is 234 Å². The lowest BCUT2D eigenvalue weighted by Crippen LogP contribution is -1.87. The fraction of sp³-hybridized carbons (Fsp3) is 0.524. The van der Waals surface area contributed by atoms with Gasteiger partial charge in [0.15, 0.2) is 0 Å². The molecule has 0 spiro atoms. The van der Waals surface area contributed by atoms with Crippen molar-refractivity contribution in [3.8, 4) is 0 Å². The standard InChI is InChI=1S/C13H22Cl2O2.C4HCl3O2.C4H2Cl2O2/c14-12(16)10-8-6-4-2-1-3-5-7-9-11-13(15)17;5-2(4(7)9)1-3(6)8;5-3(7)1-2-4(6)8/h1-11H2;1H;1-2H. The molecule has 0 saturated heterocycles. The summed E-state index contributed by atoms with van der Waals surface area (Å²) in [6.45, 7) is 0. The fourth-order valence-electron chi connectivity index (χ4n) is 2.05. The third-order valence-electron chi connectivity index (χ3n) is 3.52. The first kappa shape index (κ1) is 38.1. The molecule has 0 fully saturated rings. The Morgan fingerprint density at radius 3 is 0.912 bits per heavy atom. The zero-order valence-corrected chi connectivity index (χ0v) is 23.4. The monoisotopic (exact) mass is 618 g/mol. The first-order valence-corrected chi connectivity index (χ1v) is 12.6. The van der Waals surface area contributed by atoms with E-state index in [1.165, 1.54) is 32.1 Å². The number of halogens is 7. The zero-order valence-electron chi connectivity index (χ0n) is 18.1. The van der Waals surface area contributed by atoms with Crippen molar-refractivity contribution in [2.45, 2.75) is 70.6 Å². The van der Waals surface area contributed by atoms with Gasteiger partial charge < -0.3 is 0 Å². The summed E-state index contributed by atoms with van der Waals surface area (Å²) in [7, 11) is 0. The van der Waals surface area contributed by atoms with E-state index >= 15 is 0 Å². The average Bonchev–Trinajstić information content (AvgIpc) is 2.70. The summed E-state index contributed by atoms with van der Waals surface area (Å²) in [5, 5.41) is -3.97. The average molecular weight is 622 g/mol. The molecule has 0 aromatic heterocycles. The third kappa shape index (κ3) is 41.8. The summed E-state index contributed by atoms with van der Waals surface area (Å²) in [4.78, 5) is 60.5. The van der Waals surface area contributed by atoms with Gasteiger partial charge in [0, 0.05) is 31.1 Å². The number of unbranched alkanes of at least 4 members (excludes halogenated alkanes) is 8. The van der Waals surface area contributed by atoms with E-state index in [-0.39, 0.29) is 15.5 Å². The molecule has 0 aliphatic heterocycles. The van der Waals surface area contributed by atoms with E-state index in [1.807, 2.05) is 0 Å². The van der Waals surface area contributed by atoms with Crippen LogP contribution in [-0.2, 0) is 28.8 Å². The molecule has 0 aromatic rings. The van der Waals surface area contributed by atoms with Crippen molar-refractivity contribution in [2.75, 3.05) is 0 Å². The van der Waals surface area contributed by atoms with E-state index in [9.17, 15) is 28.8 Å². The van der Waals surface area contributed by atoms with Gasteiger partial charge in [-0.15, -0.1) is 0 Å². The van der Waals surface area contributed by atoms with Crippen molar-refractivity contribution in [1.82, 2.24) is 0 Å². The summed E-state index contributed by atoms with van der Waals surface area (Å²) in [6.07, 6.45) is 13.6. The number of allylic oxidation sites excluding steroid dienone is 4. The van der Waals surface area contributed by atoms with Crippen molar-refractivity contribution in [3.05, 3.63) is 23.3 Å². The lowest BCUT2D eigenvalue weighted by Gasteiger charge is -2.01. The van der Waals surface area contributed by atoms with Gasteiger partial charge in [0.2, 0.25) is 26.2 Å². The van der Waals surface area contributed by atoms with E-state index < -0.39 is 21.0 Å². The smallest absolute Gasteiger partial charge is 0.263 e. The van der Waals surface area contributed by atoms with E-state index in [1.54, 1.807) is 0 Å². The van der Waals surface area contributed by atoms with Gasteiger partial charge in [-0.2, -0.15) is 0 Å². The highest BCUT2D eigenvalue weighted by Gasteiger charge is 2.02. The number of hydrogen-bond donors (Lipinski definition) is 0. The highest BCUT2D eigenvalue weighted by atomic mass is 35.5. The van der Waals surface area contributed by atoms with Crippen LogP contribution in [0.2, 0.25) is 0 Å². The van der Waals surface area contributed by atoms with Crippen LogP contribution in [0.4, 0.5) is 0 Å². The first-order valence-electron chi connectivity index (χ1n) is 9.99. The van der Waals surface area contributed by atoms with Crippen molar-refractivity contribution in [1.29, 1.82) is 0 Å². The van der Waals surface area contributed by atoms with Crippen LogP contribution in [0.1, 0.15) is 70.6 Å². The molecule has 0 rings (SSSR count). The number of rotatable bonds is 16. The predicted octanol–water partition coefficient (Wildman–Crippen LogP) is 7.52. The molecule has 0 N–H and O–H groups in total. The molecule has 0 radical (unpaired) electrons. The van der Waals surface area contributed by atoms with Gasteiger partial charge in [0.1, 0.15) is 5.03 Å². The van der Waals surface area contributed by atoms with Gasteiger partial charge in [-0.3, -0.25) is 28.8 Å². The van der Waals surface area contributed by atoms with Crippen LogP contribution in [0.15, 0.2) is 23.3 Å². The minimum Gasteiger partial charge on any atom is -0.281 e. The Bertz CT molecular complexity index is 682. The van der Waals surface area contributed by atoms with Crippen LogP contribution in [-0.4, -0.2) is 31.5 Å². The SMILES string of the molecule is O=C(Cl)C=C(Cl)C(=O)Cl.O=C(Cl)C=CC(=O)Cl.O=C(Cl)CCCCCCCCCCCC(=O)Cl. The molecular formula is C21H25Cl7O6. The summed E-state index contributed by atoms with van der Waals surface area (Å²) in [5.41, 5.74) is 0. The molecule has 0 bridgehead atoms. The second-order valence-corrected chi connectivity index (χ2v) is 9.12. The molecule has 194 valence electrons. The molecule has 0 saturated carbocycles. The molecule has 13 heteroatoms. The van der Waals surface area contributed by atoms with Crippen molar-refractivity contribution in [2.24, 2.45) is 0 Å². The Hall–Kier alpha value is -0.470. The molecule has 0 aromatic carbocycles. The third-order valence-corrected chi connectivity index (χ3v) is 4.84. The fourth-order valence-corrected chi connectivity index (χ4v) is 2.76. The molecule has 0 aliphatic carbocycles. The number of carbonyl (C=O) groups excluding carboxylic acids is 6. The van der Waals surface area contributed by atoms with E-state index in [0.29, 0.717) is 12.8 Å². The quantitative estimate of drug-likeness (QED) is 0.100. The van der Waals surface area contributed by atoms with Gasteiger partial charge in [0.05, 0.1) is 0 Å². The van der Waals surface area contributed by atoms with Crippen LogP contribution >= 0.6 is 81.2 Å². The van der Waals surface area contributed by atoms with Crippen LogP contribution in [0, 0.1) is 0 Å². The number of carbonyl (C=O) groups is 6. The molecule has 0 unspecified atom stereocenters. The topological polar surface area (TPSA) is 102 Å². The molecule has 0 aliphatic rings. The molecule has 6 nitrogen and oxygen atoms in total. The maximum Gasteiger partial charge on any atom is 0.263 e. The normalized spacial score (nSPS) is 10.5. The summed E-state index contributed by atoms with van der Waals surface area (Å²) in [5.74, 6) is 0. The zero-order chi connectivity index (χ0) is 26.9. The summed E-state index contributed by atoms with van der Waals surface area (Å²) in [6, 6.07) is 0. The van der Waals surface area contributed by atoms with Crippen molar-refractivity contribution >= 4 is 113 Å². The largest absolute Gasteiger partial charge is 0.281 e. The molecule has 0 amide bonds. The lowest BCUT2D eigenvalue weighted by atomic mass is 10.1. The Morgan fingerprint density at radius 2 is 0.735 bits per heavy atom. The van der Waals surface area contributed by atoms with E-state index in [2.05, 4.69) is 0 Å². The van der Waals surface area contributed by atoms with Crippen LogP contribution in [0.3, 0.4) is 0 Å². The minimum absolute atomic E-state index is 0.223. The minimum atomic E-state index is -0.898. The highest BCUT2D eigenvalue weighted by molar-refractivity contribution is 6.76. The van der Waals surface area contributed by atoms with Gasteiger partial charge >= 0.3 is 0 Å². The lowest BCUT2D eigenvalue weighted by molar-refractivity contribution is -0.112. The maximum atomic E-state index is 10.5. The molecular weight excluding hydrogens is 596 g/mol. The molecule has 0 atom stereocenters. The van der Waals surface area contributed by atoms with Crippen molar-refractivity contribution in [3.63, 3.8) is 0 Å². The Morgan fingerprint density at radius 1 is 0.441 bits per heavy atom. The van der Waals surface area contributed by atoms with Gasteiger partial charge in [-0.25, -0.2) is 0 Å². The Kier molecular flexibility index (Phi) is 30.4. The predicted molar refractivity (Wildman–Crippen MR) is 139 cm³/mol. The first-order chi connectivity index (χ1) is 15.8. The van der Waals surface area contributed by atoms with E-state index in [4.69, 9.17) is 81.2 Å². The van der Waals surface area contributed by atoms with Gasteiger partial charge in [-0.1, -0.05) is 56.5 Å². The van der Waals surface area contributed by atoms with Gasteiger partial charge in [-0.05, 0) is 82.4 Å². The summed E-state index contributed by atoms with van der Waals surface area (Å²) < 4.78 is 0. The second kappa shape index (κ2) is 27.1.